The van der Waals surface area contributed by atoms with Crippen molar-refractivity contribution in [1.29, 1.82) is 0 Å². The molecule has 0 spiro atoms. The van der Waals surface area contributed by atoms with Gasteiger partial charge in [0.2, 0.25) is 0 Å². The zero-order valence-electron chi connectivity index (χ0n) is 39.8. The molecule has 0 aromatic heterocycles. The van der Waals surface area contributed by atoms with Gasteiger partial charge in [-0.15, -0.1) is 0 Å². The normalized spacial score (nSPS) is 13.3. The van der Waals surface area contributed by atoms with Crippen molar-refractivity contribution in [2.75, 3.05) is 13.2 Å². The standard InChI is InChI=1S/C57H92O5/c1-3-5-7-9-11-13-15-17-19-21-23-25-26-27-28-29-30-32-34-36-38-40-42-44-46-48-50-52-57(60)62-55(53-58)54-61-56(59)51-49-47-45-43-41-39-37-35-33-31-24-22-20-18-16-14-12-10-8-6-4-2/h5-8,11-14,17-20,23-25,27-28,30-32,55,58H,3-4,9-10,15-16,21-22,26,29,33-54H2,1-2H3/b7-5-,8-6-,13-11-,14-12-,19-17-,20-18-,25-23-,28-27-,31-24-,32-30-. The highest BCUT2D eigenvalue weighted by atomic mass is 16.6. The molecule has 0 aromatic carbocycles. The maximum Gasteiger partial charge on any atom is 0.306 e. The van der Waals surface area contributed by atoms with Crippen LogP contribution in [-0.4, -0.2) is 36.4 Å². The Bertz CT molecular complexity index is 1290. The van der Waals surface area contributed by atoms with Crippen LogP contribution in [0.2, 0.25) is 0 Å². The van der Waals surface area contributed by atoms with Crippen LogP contribution in [0.5, 0.6) is 0 Å². The molecular weight excluding hydrogens is 765 g/mol. The number of esters is 2. The van der Waals surface area contributed by atoms with Gasteiger partial charge in [-0.1, -0.05) is 212 Å². The number of unbranched alkanes of at least 4 members (excludes halogenated alkanes) is 16. The molecule has 0 fully saturated rings. The van der Waals surface area contributed by atoms with Crippen LogP contribution >= 0.6 is 0 Å². The Hall–Kier alpha value is -3.70. The zero-order chi connectivity index (χ0) is 44.9. The topological polar surface area (TPSA) is 72.8 Å². The molecule has 0 aliphatic rings. The van der Waals surface area contributed by atoms with Crippen molar-refractivity contribution in [3.8, 4) is 0 Å². The van der Waals surface area contributed by atoms with E-state index in [-0.39, 0.29) is 25.2 Å². The molecule has 0 aliphatic carbocycles. The predicted molar refractivity (Wildman–Crippen MR) is 269 cm³/mol. The summed E-state index contributed by atoms with van der Waals surface area (Å²) >= 11 is 0. The summed E-state index contributed by atoms with van der Waals surface area (Å²) in [5, 5.41) is 9.63. The van der Waals surface area contributed by atoms with Gasteiger partial charge in [0.05, 0.1) is 6.61 Å². The van der Waals surface area contributed by atoms with E-state index >= 15 is 0 Å². The highest BCUT2D eigenvalue weighted by Gasteiger charge is 2.16. The maximum atomic E-state index is 12.3. The summed E-state index contributed by atoms with van der Waals surface area (Å²) in [5.74, 6) is -0.617. The van der Waals surface area contributed by atoms with Crippen molar-refractivity contribution in [2.24, 2.45) is 0 Å². The molecule has 1 N–H and O–H groups in total. The van der Waals surface area contributed by atoms with E-state index in [9.17, 15) is 14.7 Å². The minimum Gasteiger partial charge on any atom is -0.462 e. The number of carbonyl (C=O) groups excluding carboxylic acids is 2. The van der Waals surface area contributed by atoms with Crippen LogP contribution in [0, 0.1) is 0 Å². The summed E-state index contributed by atoms with van der Waals surface area (Å²) < 4.78 is 10.7. The van der Waals surface area contributed by atoms with E-state index in [0.29, 0.717) is 12.8 Å². The molecule has 0 aliphatic heterocycles. The lowest BCUT2D eigenvalue weighted by Gasteiger charge is -2.15. The number of aliphatic hydroxyl groups excluding tert-OH is 1. The van der Waals surface area contributed by atoms with Crippen molar-refractivity contribution in [3.63, 3.8) is 0 Å². The Morgan fingerprint density at radius 2 is 0.645 bits per heavy atom. The van der Waals surface area contributed by atoms with Crippen LogP contribution in [0.15, 0.2) is 122 Å². The van der Waals surface area contributed by atoms with Gasteiger partial charge in [-0.05, 0) is 103 Å². The average Bonchev–Trinajstić information content (AvgIpc) is 3.28. The zero-order valence-corrected chi connectivity index (χ0v) is 39.8. The Labute approximate surface area is 382 Å². The van der Waals surface area contributed by atoms with Crippen LogP contribution in [0.25, 0.3) is 0 Å². The van der Waals surface area contributed by atoms with E-state index < -0.39 is 6.10 Å². The predicted octanol–water partition coefficient (Wildman–Crippen LogP) is 16.7. The lowest BCUT2D eigenvalue weighted by atomic mass is 10.1. The monoisotopic (exact) mass is 857 g/mol. The molecule has 5 heteroatoms. The summed E-state index contributed by atoms with van der Waals surface area (Å²) in [6.45, 7) is 3.89. The Morgan fingerprint density at radius 1 is 0.371 bits per heavy atom. The molecule has 0 saturated heterocycles. The number of hydrogen-bond donors (Lipinski definition) is 1. The molecule has 0 bridgehead atoms. The highest BCUT2D eigenvalue weighted by molar-refractivity contribution is 5.70. The molecule has 1 atom stereocenters. The van der Waals surface area contributed by atoms with Gasteiger partial charge in [0.25, 0.3) is 0 Å². The van der Waals surface area contributed by atoms with E-state index in [1.54, 1.807) is 0 Å². The molecule has 0 rings (SSSR count). The van der Waals surface area contributed by atoms with Crippen molar-refractivity contribution >= 4 is 11.9 Å². The van der Waals surface area contributed by atoms with Crippen molar-refractivity contribution in [1.82, 2.24) is 0 Å². The lowest BCUT2D eigenvalue weighted by Crippen LogP contribution is -2.28. The van der Waals surface area contributed by atoms with Gasteiger partial charge in [-0.25, -0.2) is 0 Å². The summed E-state index contributed by atoms with van der Waals surface area (Å²) in [5.41, 5.74) is 0. The number of ether oxygens (including phenoxy) is 2. The first-order valence-corrected chi connectivity index (χ1v) is 25.1. The quantitative estimate of drug-likeness (QED) is 0.0375. The fourth-order valence-corrected chi connectivity index (χ4v) is 6.55. The second kappa shape index (κ2) is 51.6. The number of aliphatic hydroxyl groups is 1. The summed E-state index contributed by atoms with van der Waals surface area (Å²) in [6, 6.07) is 0. The van der Waals surface area contributed by atoms with Gasteiger partial charge in [-0.2, -0.15) is 0 Å². The van der Waals surface area contributed by atoms with E-state index in [2.05, 4.69) is 135 Å². The van der Waals surface area contributed by atoms with Crippen molar-refractivity contribution < 1.29 is 24.2 Å². The van der Waals surface area contributed by atoms with Crippen LogP contribution < -0.4 is 0 Å². The fourth-order valence-electron chi connectivity index (χ4n) is 6.55. The lowest BCUT2D eigenvalue weighted by molar-refractivity contribution is -0.161. The molecule has 0 saturated carbocycles. The van der Waals surface area contributed by atoms with Crippen LogP contribution in [0.3, 0.4) is 0 Å². The molecule has 0 heterocycles. The van der Waals surface area contributed by atoms with E-state index in [0.717, 1.165) is 116 Å². The Morgan fingerprint density at radius 3 is 0.968 bits per heavy atom. The minimum absolute atomic E-state index is 0.0813. The Kier molecular flexibility index (Phi) is 48.6. The van der Waals surface area contributed by atoms with Gasteiger partial charge >= 0.3 is 11.9 Å². The van der Waals surface area contributed by atoms with Crippen molar-refractivity contribution in [2.45, 2.75) is 213 Å². The first-order valence-electron chi connectivity index (χ1n) is 25.1. The van der Waals surface area contributed by atoms with Gasteiger partial charge in [0.15, 0.2) is 6.10 Å². The van der Waals surface area contributed by atoms with Crippen LogP contribution in [0.1, 0.15) is 206 Å². The third-order valence-electron chi connectivity index (χ3n) is 10.3. The highest BCUT2D eigenvalue weighted by Crippen LogP contribution is 2.14. The number of allylic oxidation sites excluding steroid dienone is 20. The first-order chi connectivity index (χ1) is 30.6. The third kappa shape index (κ3) is 49.0. The average molecular weight is 857 g/mol. The van der Waals surface area contributed by atoms with Gasteiger partial charge in [0.1, 0.15) is 6.61 Å². The number of rotatable bonds is 44. The van der Waals surface area contributed by atoms with Crippen LogP contribution in [0.4, 0.5) is 0 Å². The second-order valence-corrected chi connectivity index (χ2v) is 16.1. The summed E-state index contributed by atoms with van der Waals surface area (Å²) in [6.07, 6.45) is 75.6. The van der Waals surface area contributed by atoms with Crippen LogP contribution in [-0.2, 0) is 19.1 Å². The fraction of sp³-hybridized carbons (Fsp3) is 0.614. The largest absolute Gasteiger partial charge is 0.462 e. The molecule has 350 valence electrons. The van der Waals surface area contributed by atoms with Gasteiger partial charge in [-0.3, -0.25) is 9.59 Å². The van der Waals surface area contributed by atoms with E-state index in [4.69, 9.17) is 9.47 Å². The first kappa shape index (κ1) is 58.3. The maximum absolute atomic E-state index is 12.3. The van der Waals surface area contributed by atoms with Gasteiger partial charge in [0, 0.05) is 12.8 Å². The molecule has 5 nitrogen and oxygen atoms in total. The van der Waals surface area contributed by atoms with E-state index in [1.807, 2.05) is 0 Å². The minimum atomic E-state index is -0.790. The second-order valence-electron chi connectivity index (χ2n) is 16.1. The smallest absolute Gasteiger partial charge is 0.306 e. The summed E-state index contributed by atoms with van der Waals surface area (Å²) in [4.78, 5) is 24.5. The third-order valence-corrected chi connectivity index (χ3v) is 10.3. The Balaban J connectivity index is 3.60. The van der Waals surface area contributed by atoms with E-state index in [1.165, 1.54) is 64.2 Å². The molecule has 62 heavy (non-hydrogen) atoms. The molecular formula is C57H92O5. The summed E-state index contributed by atoms with van der Waals surface area (Å²) in [7, 11) is 0. The molecule has 0 aromatic rings. The SMILES string of the molecule is CC/C=C\C/C=C\C/C=C\C/C=C\C/C=C\C/C=C\CCCCCCCCCCC(=O)OC(CO)COC(=O)CCCCCCCCCC/C=C\C/C=C\C/C=C\C/C=C\CC. The number of carbonyl (C=O) groups is 2. The number of hydrogen-bond acceptors (Lipinski definition) is 5. The van der Waals surface area contributed by atoms with Crippen molar-refractivity contribution in [3.05, 3.63) is 122 Å². The molecule has 0 radical (unpaired) electrons. The molecule has 0 amide bonds. The molecule has 1 unspecified atom stereocenters. The van der Waals surface area contributed by atoms with Gasteiger partial charge < -0.3 is 14.6 Å².